The SMILES string of the molecule is Nc1cc(N=S(=O)=O)ccc1Cl. The lowest BCUT2D eigenvalue weighted by atomic mass is 10.3. The van der Waals surface area contributed by atoms with E-state index < -0.39 is 10.5 Å². The van der Waals surface area contributed by atoms with Crippen molar-refractivity contribution >= 4 is 33.5 Å². The third-order valence-electron chi connectivity index (χ3n) is 1.16. The monoisotopic (exact) mass is 204 g/mol. The molecule has 0 atom stereocenters. The van der Waals surface area contributed by atoms with E-state index in [1.165, 1.54) is 18.2 Å². The van der Waals surface area contributed by atoms with Gasteiger partial charge in [0, 0.05) is 0 Å². The van der Waals surface area contributed by atoms with Gasteiger partial charge in [-0.1, -0.05) is 11.6 Å². The minimum atomic E-state index is -2.46. The van der Waals surface area contributed by atoms with Gasteiger partial charge in [-0.05, 0) is 18.2 Å². The summed E-state index contributed by atoms with van der Waals surface area (Å²) in [5.74, 6) is 0. The van der Waals surface area contributed by atoms with Crippen molar-refractivity contribution in [2.75, 3.05) is 5.73 Å². The third-order valence-corrected chi connectivity index (χ3v) is 1.86. The zero-order valence-electron chi connectivity index (χ0n) is 5.86. The van der Waals surface area contributed by atoms with Gasteiger partial charge in [0.25, 0.3) is 0 Å². The van der Waals surface area contributed by atoms with Gasteiger partial charge in [0.1, 0.15) is 0 Å². The summed E-state index contributed by atoms with van der Waals surface area (Å²) < 4.78 is 23.5. The molecule has 0 fully saturated rings. The van der Waals surface area contributed by atoms with Crippen LogP contribution >= 0.6 is 11.6 Å². The van der Waals surface area contributed by atoms with Crippen molar-refractivity contribution in [3.05, 3.63) is 23.2 Å². The fraction of sp³-hybridized carbons (Fsp3) is 0. The number of hydrogen-bond donors (Lipinski definition) is 1. The minimum Gasteiger partial charge on any atom is -0.397 e. The molecule has 0 bridgehead atoms. The predicted molar refractivity (Wildman–Crippen MR) is 46.9 cm³/mol. The van der Waals surface area contributed by atoms with Gasteiger partial charge in [-0.15, -0.1) is 4.36 Å². The first-order valence-corrected chi connectivity index (χ1v) is 4.36. The Morgan fingerprint density at radius 3 is 2.58 bits per heavy atom. The summed E-state index contributed by atoms with van der Waals surface area (Å²) in [7, 11) is -2.46. The van der Waals surface area contributed by atoms with E-state index in [-0.39, 0.29) is 5.69 Å². The Balaban J connectivity index is 3.23. The van der Waals surface area contributed by atoms with Crippen molar-refractivity contribution < 1.29 is 8.42 Å². The molecule has 0 aromatic heterocycles. The van der Waals surface area contributed by atoms with E-state index >= 15 is 0 Å². The summed E-state index contributed by atoms with van der Waals surface area (Å²) in [5, 5.41) is 0.380. The molecule has 0 spiro atoms. The minimum absolute atomic E-state index is 0.269. The lowest BCUT2D eigenvalue weighted by Gasteiger charge is -1.95. The summed E-state index contributed by atoms with van der Waals surface area (Å²) >= 11 is 5.60. The predicted octanol–water partition coefficient (Wildman–Crippen LogP) is 1.62. The summed E-state index contributed by atoms with van der Waals surface area (Å²) in [5.41, 5.74) is 5.98. The van der Waals surface area contributed by atoms with Crippen molar-refractivity contribution in [3.63, 3.8) is 0 Å². The Hall–Kier alpha value is -1.07. The van der Waals surface area contributed by atoms with Crippen LogP contribution in [0, 0.1) is 0 Å². The highest BCUT2D eigenvalue weighted by Gasteiger charge is 1.96. The molecule has 0 aliphatic heterocycles. The van der Waals surface area contributed by atoms with E-state index in [1.807, 2.05) is 0 Å². The second-order valence-corrected chi connectivity index (χ2v) is 3.04. The first-order chi connectivity index (χ1) is 5.59. The number of rotatable bonds is 1. The molecule has 0 aliphatic carbocycles. The Morgan fingerprint density at radius 2 is 2.08 bits per heavy atom. The van der Waals surface area contributed by atoms with Crippen LogP contribution in [0.1, 0.15) is 0 Å². The molecule has 0 radical (unpaired) electrons. The molecule has 1 aromatic rings. The molecule has 0 saturated carbocycles. The van der Waals surface area contributed by atoms with Crippen LogP contribution in [0.5, 0.6) is 0 Å². The topological polar surface area (TPSA) is 72.5 Å². The van der Waals surface area contributed by atoms with E-state index in [0.29, 0.717) is 10.7 Å². The summed E-state index contributed by atoms with van der Waals surface area (Å²) in [6, 6.07) is 4.34. The lowest BCUT2D eigenvalue weighted by molar-refractivity contribution is 0.622. The van der Waals surface area contributed by atoms with Crippen LogP contribution in [0.25, 0.3) is 0 Å². The summed E-state index contributed by atoms with van der Waals surface area (Å²) in [6.07, 6.45) is 0. The smallest absolute Gasteiger partial charge is 0.316 e. The first-order valence-electron chi connectivity index (χ1n) is 2.96. The number of hydrogen-bond acceptors (Lipinski definition) is 4. The number of nitrogen functional groups attached to an aromatic ring is 1. The van der Waals surface area contributed by atoms with Crippen LogP contribution < -0.4 is 5.73 Å². The number of nitrogens with zero attached hydrogens (tertiary/aromatic N) is 1. The van der Waals surface area contributed by atoms with Crippen LogP contribution in [-0.4, -0.2) is 8.42 Å². The van der Waals surface area contributed by atoms with Crippen molar-refractivity contribution in [3.8, 4) is 0 Å². The molecule has 0 aliphatic rings. The zero-order valence-corrected chi connectivity index (χ0v) is 7.43. The zero-order chi connectivity index (χ0) is 9.14. The number of halogens is 1. The fourth-order valence-corrected chi connectivity index (χ4v) is 1.08. The summed E-state index contributed by atoms with van der Waals surface area (Å²) in [6.45, 7) is 0. The molecule has 12 heavy (non-hydrogen) atoms. The van der Waals surface area contributed by atoms with Crippen molar-refractivity contribution in [1.82, 2.24) is 0 Å². The van der Waals surface area contributed by atoms with Gasteiger partial charge in [-0.2, -0.15) is 8.42 Å². The van der Waals surface area contributed by atoms with Crippen LogP contribution in [0.3, 0.4) is 0 Å². The van der Waals surface area contributed by atoms with Gasteiger partial charge in [-0.3, -0.25) is 0 Å². The van der Waals surface area contributed by atoms with Gasteiger partial charge in [-0.25, -0.2) is 0 Å². The van der Waals surface area contributed by atoms with Gasteiger partial charge in [0.05, 0.1) is 16.4 Å². The molecular weight excluding hydrogens is 200 g/mol. The highest BCUT2D eigenvalue weighted by atomic mass is 35.5. The van der Waals surface area contributed by atoms with Gasteiger partial charge in [0.2, 0.25) is 0 Å². The maximum absolute atomic E-state index is 10.1. The maximum atomic E-state index is 10.1. The second kappa shape index (κ2) is 3.55. The van der Waals surface area contributed by atoms with Crippen LogP contribution in [0.2, 0.25) is 5.02 Å². The molecule has 0 amide bonds. The molecule has 0 unspecified atom stereocenters. The average molecular weight is 205 g/mol. The molecular formula is C6H5ClN2O2S. The van der Waals surface area contributed by atoms with Crippen LogP contribution in [0.4, 0.5) is 11.4 Å². The number of anilines is 1. The normalized spacial score (nSPS) is 9.42. The Labute approximate surface area is 75.7 Å². The van der Waals surface area contributed by atoms with E-state index in [2.05, 4.69) is 4.36 Å². The Morgan fingerprint density at radius 1 is 1.42 bits per heavy atom. The molecule has 0 saturated heterocycles. The third kappa shape index (κ3) is 2.21. The second-order valence-electron chi connectivity index (χ2n) is 2.01. The summed E-state index contributed by atoms with van der Waals surface area (Å²) in [4.78, 5) is 0. The molecule has 2 N–H and O–H groups in total. The van der Waals surface area contributed by atoms with Crippen LogP contribution in [-0.2, 0) is 10.5 Å². The molecule has 64 valence electrons. The first kappa shape index (κ1) is 9.02. The Kier molecular flexibility index (Phi) is 2.67. The van der Waals surface area contributed by atoms with Crippen molar-refractivity contribution in [2.24, 2.45) is 4.36 Å². The standard InChI is InChI=1S/C6H5ClN2O2S/c7-5-2-1-4(3-6(5)8)9-12(10)11/h1-3H,8H2. The molecule has 0 heterocycles. The van der Waals surface area contributed by atoms with E-state index in [1.54, 1.807) is 0 Å². The largest absolute Gasteiger partial charge is 0.397 e. The van der Waals surface area contributed by atoms with Crippen molar-refractivity contribution in [1.29, 1.82) is 0 Å². The molecule has 6 heteroatoms. The van der Waals surface area contributed by atoms with Crippen molar-refractivity contribution in [2.45, 2.75) is 0 Å². The van der Waals surface area contributed by atoms with Gasteiger partial charge >= 0.3 is 10.5 Å². The molecule has 4 nitrogen and oxygen atoms in total. The van der Waals surface area contributed by atoms with Gasteiger partial charge in [0.15, 0.2) is 0 Å². The lowest BCUT2D eigenvalue weighted by Crippen LogP contribution is -1.84. The molecule has 1 aromatic carbocycles. The highest BCUT2D eigenvalue weighted by Crippen LogP contribution is 2.23. The molecule has 1 rings (SSSR count). The number of nitrogens with two attached hydrogens (primary N) is 1. The highest BCUT2D eigenvalue weighted by molar-refractivity contribution is 7.61. The van der Waals surface area contributed by atoms with Gasteiger partial charge < -0.3 is 5.73 Å². The van der Waals surface area contributed by atoms with Crippen LogP contribution in [0.15, 0.2) is 22.6 Å². The quantitative estimate of drug-likeness (QED) is 0.707. The Bertz CT molecular complexity index is 419. The maximum Gasteiger partial charge on any atom is 0.316 e. The number of benzene rings is 1. The fourth-order valence-electron chi connectivity index (χ4n) is 0.674. The van der Waals surface area contributed by atoms with E-state index in [4.69, 9.17) is 17.3 Å². The van der Waals surface area contributed by atoms with E-state index in [9.17, 15) is 8.42 Å². The van der Waals surface area contributed by atoms with E-state index in [0.717, 1.165) is 0 Å². The average Bonchev–Trinajstić information content (AvgIpc) is 1.96.